The molecule has 0 atom stereocenters. The highest BCUT2D eigenvalue weighted by Gasteiger charge is 2.12. The van der Waals surface area contributed by atoms with E-state index in [1.807, 2.05) is 0 Å². The van der Waals surface area contributed by atoms with Crippen molar-refractivity contribution in [3.05, 3.63) is 54.6 Å². The van der Waals surface area contributed by atoms with Crippen molar-refractivity contribution < 1.29 is 0 Å². The molecule has 2 aromatic carbocycles. The fourth-order valence-corrected chi connectivity index (χ4v) is 5.89. The first kappa shape index (κ1) is 23.1. The van der Waals surface area contributed by atoms with E-state index >= 15 is 0 Å². The molecule has 2 nitrogen and oxygen atoms in total. The summed E-state index contributed by atoms with van der Waals surface area (Å²) < 4.78 is 4.82. The van der Waals surface area contributed by atoms with Gasteiger partial charge in [0.2, 0.25) is 0 Å². The van der Waals surface area contributed by atoms with Gasteiger partial charge < -0.3 is 4.31 Å². The van der Waals surface area contributed by atoms with Crippen molar-refractivity contribution in [2.45, 2.75) is 81.9 Å². The lowest BCUT2D eigenvalue weighted by atomic mass is 10.1. The van der Waals surface area contributed by atoms with E-state index in [1.54, 1.807) is 23.3 Å². The molecule has 162 valence electrons. The van der Waals surface area contributed by atoms with E-state index in [9.17, 15) is 0 Å². The lowest BCUT2D eigenvalue weighted by Gasteiger charge is -2.22. The zero-order valence-electron chi connectivity index (χ0n) is 18.4. The number of thiazole rings is 1. The monoisotopic (exact) mass is 440 g/mol. The number of unbranched alkanes of at least 4 members (excludes halogenated alkanes) is 10. The van der Waals surface area contributed by atoms with Crippen LogP contribution in [0.4, 0.5) is 5.69 Å². The third kappa shape index (κ3) is 7.96. The second-order valence-electron chi connectivity index (χ2n) is 8.01. The Kier molecular flexibility index (Phi) is 10.6. The van der Waals surface area contributed by atoms with E-state index in [1.165, 1.54) is 81.0 Å². The summed E-state index contributed by atoms with van der Waals surface area (Å²) in [5, 5.41) is 0. The molecular formula is C26H36N2S2. The number of benzene rings is 2. The molecule has 1 aromatic heterocycles. The molecule has 0 amide bonds. The van der Waals surface area contributed by atoms with Crippen molar-refractivity contribution in [2.75, 3.05) is 10.8 Å². The minimum atomic E-state index is 1.07. The summed E-state index contributed by atoms with van der Waals surface area (Å²) in [6, 6.07) is 19.2. The summed E-state index contributed by atoms with van der Waals surface area (Å²) >= 11 is 3.58. The second-order valence-corrected chi connectivity index (χ2v) is 10.3. The van der Waals surface area contributed by atoms with Crippen molar-refractivity contribution in [3.63, 3.8) is 0 Å². The Hall–Kier alpha value is -1.52. The third-order valence-electron chi connectivity index (χ3n) is 5.47. The molecule has 0 spiro atoms. The molecule has 30 heavy (non-hydrogen) atoms. The molecule has 0 aliphatic rings. The van der Waals surface area contributed by atoms with Crippen LogP contribution in [0.15, 0.2) is 58.9 Å². The Morgan fingerprint density at radius 3 is 2.00 bits per heavy atom. The van der Waals surface area contributed by atoms with Crippen LogP contribution in [0.3, 0.4) is 0 Å². The standard InChI is InChI=1S/C26H36N2S2/c1-2-3-4-5-6-7-8-9-10-11-17-22-28(23-18-13-12-14-19-23)30-26-27-24-20-15-16-21-25(24)29-26/h12-16,18-21H,2-11,17,22H2,1H3. The smallest absolute Gasteiger partial charge is 0.171 e. The van der Waals surface area contributed by atoms with E-state index in [0.29, 0.717) is 0 Å². The van der Waals surface area contributed by atoms with Crippen LogP contribution < -0.4 is 4.31 Å². The molecule has 0 unspecified atom stereocenters. The van der Waals surface area contributed by atoms with Gasteiger partial charge in [-0.05, 0) is 30.7 Å². The van der Waals surface area contributed by atoms with Gasteiger partial charge in [-0.2, -0.15) is 0 Å². The summed E-state index contributed by atoms with van der Waals surface area (Å²) in [4.78, 5) is 4.82. The molecule has 4 heteroatoms. The normalized spacial score (nSPS) is 11.2. The number of para-hydroxylation sites is 2. The summed E-state index contributed by atoms with van der Waals surface area (Å²) in [5.41, 5.74) is 2.38. The molecular weight excluding hydrogens is 404 g/mol. The molecule has 0 saturated carbocycles. The van der Waals surface area contributed by atoms with E-state index in [0.717, 1.165) is 16.4 Å². The molecule has 0 aliphatic carbocycles. The zero-order valence-corrected chi connectivity index (χ0v) is 20.0. The zero-order chi connectivity index (χ0) is 20.9. The van der Waals surface area contributed by atoms with Gasteiger partial charge in [0.25, 0.3) is 0 Å². The summed E-state index contributed by atoms with van der Waals surface area (Å²) in [5.74, 6) is 0. The highest BCUT2D eigenvalue weighted by atomic mass is 32.2. The van der Waals surface area contributed by atoms with Crippen LogP contribution in [0.5, 0.6) is 0 Å². The lowest BCUT2D eigenvalue weighted by molar-refractivity contribution is 0.551. The molecule has 0 saturated heterocycles. The number of anilines is 1. The van der Waals surface area contributed by atoms with Gasteiger partial charge in [-0.15, -0.1) is 11.3 Å². The first-order valence-corrected chi connectivity index (χ1v) is 13.3. The van der Waals surface area contributed by atoms with Gasteiger partial charge in [0.1, 0.15) is 0 Å². The van der Waals surface area contributed by atoms with Crippen LogP contribution in [0.25, 0.3) is 10.2 Å². The number of nitrogens with zero attached hydrogens (tertiary/aromatic N) is 2. The molecule has 3 aromatic rings. The highest BCUT2D eigenvalue weighted by Crippen LogP contribution is 2.34. The molecule has 0 bridgehead atoms. The van der Waals surface area contributed by atoms with Crippen molar-refractivity contribution >= 4 is 39.2 Å². The van der Waals surface area contributed by atoms with Crippen LogP contribution in [-0.4, -0.2) is 11.5 Å². The Balaban J connectivity index is 1.40. The fraction of sp³-hybridized carbons (Fsp3) is 0.500. The molecule has 3 rings (SSSR count). The maximum absolute atomic E-state index is 4.82. The first-order valence-electron chi connectivity index (χ1n) is 11.7. The Morgan fingerprint density at radius 2 is 1.33 bits per heavy atom. The fourth-order valence-electron chi connectivity index (χ4n) is 3.73. The average molecular weight is 441 g/mol. The van der Waals surface area contributed by atoms with Crippen LogP contribution in [0, 0.1) is 0 Å². The highest BCUT2D eigenvalue weighted by molar-refractivity contribution is 8.02. The van der Waals surface area contributed by atoms with Crippen LogP contribution in [-0.2, 0) is 0 Å². The maximum atomic E-state index is 4.82. The number of aromatic nitrogens is 1. The van der Waals surface area contributed by atoms with E-state index < -0.39 is 0 Å². The molecule has 0 radical (unpaired) electrons. The predicted molar refractivity (Wildman–Crippen MR) is 136 cm³/mol. The number of fused-ring (bicyclic) bond motifs is 1. The Labute approximate surface area is 191 Å². The second kappa shape index (κ2) is 13.7. The van der Waals surface area contributed by atoms with Gasteiger partial charge in [0, 0.05) is 24.2 Å². The third-order valence-corrected chi connectivity index (χ3v) is 7.64. The Bertz CT molecular complexity index is 798. The molecule has 0 fully saturated rings. The topological polar surface area (TPSA) is 16.1 Å². The van der Waals surface area contributed by atoms with Crippen LogP contribution in [0.1, 0.15) is 77.6 Å². The minimum absolute atomic E-state index is 1.07. The van der Waals surface area contributed by atoms with Gasteiger partial charge >= 0.3 is 0 Å². The quantitative estimate of drug-likeness (QED) is 0.173. The minimum Gasteiger partial charge on any atom is -0.310 e. The van der Waals surface area contributed by atoms with Gasteiger partial charge in [-0.3, -0.25) is 0 Å². The van der Waals surface area contributed by atoms with E-state index in [2.05, 4.69) is 65.8 Å². The number of hydrogen-bond donors (Lipinski definition) is 0. The summed E-state index contributed by atoms with van der Waals surface area (Å²) in [6.45, 7) is 3.36. The van der Waals surface area contributed by atoms with Gasteiger partial charge in [0.15, 0.2) is 4.34 Å². The van der Waals surface area contributed by atoms with Gasteiger partial charge in [-0.25, -0.2) is 4.98 Å². The van der Waals surface area contributed by atoms with Crippen LogP contribution >= 0.6 is 23.3 Å². The van der Waals surface area contributed by atoms with E-state index in [4.69, 9.17) is 4.98 Å². The maximum Gasteiger partial charge on any atom is 0.171 e. The van der Waals surface area contributed by atoms with Crippen molar-refractivity contribution in [1.29, 1.82) is 0 Å². The average Bonchev–Trinajstić information content (AvgIpc) is 3.20. The van der Waals surface area contributed by atoms with E-state index in [-0.39, 0.29) is 0 Å². The summed E-state index contributed by atoms with van der Waals surface area (Å²) in [6.07, 6.45) is 15.2. The largest absolute Gasteiger partial charge is 0.310 e. The molecule has 1 heterocycles. The van der Waals surface area contributed by atoms with Crippen molar-refractivity contribution in [1.82, 2.24) is 4.98 Å². The lowest BCUT2D eigenvalue weighted by Crippen LogP contribution is -2.15. The SMILES string of the molecule is CCCCCCCCCCCCCN(Sc1nc2ccccc2s1)c1ccccc1. The number of rotatable bonds is 15. The first-order chi connectivity index (χ1) is 14.9. The molecule has 0 aliphatic heterocycles. The van der Waals surface area contributed by atoms with Gasteiger partial charge in [0.05, 0.1) is 10.2 Å². The number of hydrogen-bond acceptors (Lipinski definition) is 4. The Morgan fingerprint density at radius 1 is 0.733 bits per heavy atom. The van der Waals surface area contributed by atoms with Gasteiger partial charge in [-0.1, -0.05) is 101 Å². The molecule has 0 N–H and O–H groups in total. The van der Waals surface area contributed by atoms with Crippen LogP contribution in [0.2, 0.25) is 0 Å². The summed E-state index contributed by atoms with van der Waals surface area (Å²) in [7, 11) is 0. The van der Waals surface area contributed by atoms with Crippen molar-refractivity contribution in [2.24, 2.45) is 0 Å². The predicted octanol–water partition coefficient (Wildman–Crippen LogP) is 9.12. The van der Waals surface area contributed by atoms with Crippen molar-refractivity contribution in [3.8, 4) is 0 Å².